The number of carbonyl (C=O) groups is 1. The number of esters is 1. The third-order valence-electron chi connectivity index (χ3n) is 3.40. The average Bonchev–Trinajstić information content (AvgIpc) is 2.68. The fourth-order valence-corrected chi connectivity index (χ4v) is 2.57. The summed E-state index contributed by atoms with van der Waals surface area (Å²) in [7, 11) is 0. The lowest BCUT2D eigenvalue weighted by Gasteiger charge is -2.14. The van der Waals surface area contributed by atoms with Crippen molar-refractivity contribution in [2.75, 3.05) is 0 Å². The molecule has 86 valence electrons. The molecule has 2 aliphatic rings. The first kappa shape index (κ1) is 10.3. The summed E-state index contributed by atoms with van der Waals surface area (Å²) >= 11 is 0. The molecule has 0 radical (unpaired) electrons. The van der Waals surface area contributed by atoms with E-state index in [-0.39, 0.29) is 5.97 Å². The van der Waals surface area contributed by atoms with Crippen molar-refractivity contribution in [1.82, 2.24) is 0 Å². The minimum atomic E-state index is -0.192. The van der Waals surface area contributed by atoms with E-state index in [9.17, 15) is 4.79 Å². The number of hydrogen-bond donors (Lipinski definition) is 0. The van der Waals surface area contributed by atoms with Gasteiger partial charge in [0.05, 0.1) is 5.57 Å². The summed E-state index contributed by atoms with van der Waals surface area (Å²) in [6.07, 6.45) is 3.09. The second-order valence-electron chi connectivity index (χ2n) is 4.57. The molecule has 0 aromatic heterocycles. The van der Waals surface area contributed by atoms with E-state index in [1.807, 2.05) is 30.3 Å². The van der Waals surface area contributed by atoms with Gasteiger partial charge in [-0.05, 0) is 37.3 Å². The number of allylic oxidation sites excluding steroid dienone is 2. The largest absolute Gasteiger partial charge is 0.423 e. The van der Waals surface area contributed by atoms with Gasteiger partial charge >= 0.3 is 5.97 Å². The van der Waals surface area contributed by atoms with Crippen molar-refractivity contribution in [2.45, 2.75) is 26.2 Å². The normalized spacial score (nSPS) is 19.5. The monoisotopic (exact) mass is 226 g/mol. The molecule has 0 bridgehead atoms. The number of rotatable bonds is 1. The molecule has 2 heteroatoms. The average molecular weight is 226 g/mol. The predicted molar refractivity (Wildman–Crippen MR) is 66.0 cm³/mol. The van der Waals surface area contributed by atoms with Gasteiger partial charge in [0.25, 0.3) is 0 Å². The summed E-state index contributed by atoms with van der Waals surface area (Å²) in [6.45, 7) is 2.05. The minimum Gasteiger partial charge on any atom is -0.423 e. The molecule has 3 rings (SSSR count). The van der Waals surface area contributed by atoms with Gasteiger partial charge in [-0.3, -0.25) is 0 Å². The molecule has 0 spiro atoms. The van der Waals surface area contributed by atoms with Crippen molar-refractivity contribution in [1.29, 1.82) is 0 Å². The Hall–Kier alpha value is -1.83. The standard InChI is InChI=1S/C15H14O2/c1-10-6-5-9-12-13(15(16)17-14(10)12)11-7-3-2-4-8-11/h2-4,7-8H,5-6,9H2,1H3. The molecular weight excluding hydrogens is 212 g/mol. The first-order valence-corrected chi connectivity index (χ1v) is 5.98. The number of fused-ring (bicyclic) bond motifs is 1. The second-order valence-corrected chi connectivity index (χ2v) is 4.57. The third kappa shape index (κ3) is 1.60. The van der Waals surface area contributed by atoms with Crippen molar-refractivity contribution < 1.29 is 9.53 Å². The van der Waals surface area contributed by atoms with Crippen LogP contribution in [0.25, 0.3) is 5.57 Å². The predicted octanol–water partition coefficient (Wildman–Crippen LogP) is 3.45. The molecule has 0 unspecified atom stereocenters. The highest BCUT2D eigenvalue weighted by Crippen LogP contribution is 2.41. The van der Waals surface area contributed by atoms with Crippen molar-refractivity contribution >= 4 is 11.5 Å². The Labute approximate surface area is 101 Å². The molecule has 0 N–H and O–H groups in total. The van der Waals surface area contributed by atoms with E-state index in [4.69, 9.17) is 4.74 Å². The highest BCUT2D eigenvalue weighted by Gasteiger charge is 2.33. The van der Waals surface area contributed by atoms with Gasteiger partial charge < -0.3 is 4.74 Å². The zero-order chi connectivity index (χ0) is 11.8. The van der Waals surface area contributed by atoms with Crippen LogP contribution in [0.1, 0.15) is 31.7 Å². The number of ether oxygens (including phenoxy) is 1. The Morgan fingerprint density at radius 3 is 2.65 bits per heavy atom. The van der Waals surface area contributed by atoms with Crippen LogP contribution in [-0.2, 0) is 9.53 Å². The Balaban J connectivity index is 2.18. The Kier molecular flexibility index (Phi) is 2.36. The molecule has 0 fully saturated rings. The van der Waals surface area contributed by atoms with E-state index >= 15 is 0 Å². The van der Waals surface area contributed by atoms with E-state index in [1.165, 1.54) is 5.57 Å². The van der Waals surface area contributed by atoms with Gasteiger partial charge in [0.2, 0.25) is 0 Å². The molecule has 1 aliphatic heterocycles. The van der Waals surface area contributed by atoms with E-state index < -0.39 is 0 Å². The molecule has 2 nitrogen and oxygen atoms in total. The van der Waals surface area contributed by atoms with Gasteiger partial charge in [0.1, 0.15) is 5.76 Å². The van der Waals surface area contributed by atoms with Crippen LogP contribution in [-0.4, -0.2) is 5.97 Å². The molecule has 1 heterocycles. The van der Waals surface area contributed by atoms with Crippen molar-refractivity contribution in [3.8, 4) is 0 Å². The summed E-state index contributed by atoms with van der Waals surface area (Å²) in [4.78, 5) is 12.0. The van der Waals surface area contributed by atoms with Crippen molar-refractivity contribution in [3.63, 3.8) is 0 Å². The Morgan fingerprint density at radius 1 is 1.12 bits per heavy atom. The van der Waals surface area contributed by atoms with Crippen LogP contribution in [0.5, 0.6) is 0 Å². The van der Waals surface area contributed by atoms with Gasteiger partial charge in [-0.2, -0.15) is 0 Å². The van der Waals surface area contributed by atoms with Gasteiger partial charge in [-0.25, -0.2) is 4.79 Å². The summed E-state index contributed by atoms with van der Waals surface area (Å²) in [5, 5.41) is 0. The summed E-state index contributed by atoms with van der Waals surface area (Å²) in [5.41, 5.74) is 4.03. The van der Waals surface area contributed by atoms with Crippen LogP contribution in [0.3, 0.4) is 0 Å². The molecular formula is C15H14O2. The molecule has 0 atom stereocenters. The summed E-state index contributed by atoms with van der Waals surface area (Å²) in [6, 6.07) is 9.80. The van der Waals surface area contributed by atoms with E-state index in [0.29, 0.717) is 0 Å². The molecule has 0 amide bonds. The van der Waals surface area contributed by atoms with E-state index in [2.05, 4.69) is 6.92 Å². The molecule has 1 aliphatic carbocycles. The number of benzene rings is 1. The highest BCUT2D eigenvalue weighted by atomic mass is 16.5. The quantitative estimate of drug-likeness (QED) is 0.685. The van der Waals surface area contributed by atoms with Gasteiger partial charge in [-0.15, -0.1) is 0 Å². The van der Waals surface area contributed by atoms with Crippen LogP contribution < -0.4 is 0 Å². The maximum Gasteiger partial charge on any atom is 0.344 e. The third-order valence-corrected chi connectivity index (χ3v) is 3.40. The maximum absolute atomic E-state index is 12.0. The lowest BCUT2D eigenvalue weighted by Crippen LogP contribution is -2.00. The topological polar surface area (TPSA) is 26.3 Å². The molecule has 17 heavy (non-hydrogen) atoms. The van der Waals surface area contributed by atoms with Crippen LogP contribution in [0, 0.1) is 0 Å². The zero-order valence-corrected chi connectivity index (χ0v) is 9.82. The van der Waals surface area contributed by atoms with Gasteiger partial charge in [0.15, 0.2) is 0 Å². The van der Waals surface area contributed by atoms with Crippen LogP contribution in [0.15, 0.2) is 47.2 Å². The molecule has 0 saturated carbocycles. The number of hydrogen-bond acceptors (Lipinski definition) is 2. The number of carbonyl (C=O) groups excluding carboxylic acids is 1. The van der Waals surface area contributed by atoms with Crippen LogP contribution in [0.4, 0.5) is 0 Å². The zero-order valence-electron chi connectivity index (χ0n) is 9.82. The lowest BCUT2D eigenvalue weighted by molar-refractivity contribution is -0.131. The van der Waals surface area contributed by atoms with Crippen molar-refractivity contribution in [2.24, 2.45) is 0 Å². The van der Waals surface area contributed by atoms with Crippen LogP contribution in [0.2, 0.25) is 0 Å². The fourth-order valence-electron chi connectivity index (χ4n) is 2.57. The van der Waals surface area contributed by atoms with Crippen LogP contribution >= 0.6 is 0 Å². The minimum absolute atomic E-state index is 0.192. The lowest BCUT2D eigenvalue weighted by atomic mass is 9.90. The summed E-state index contributed by atoms with van der Waals surface area (Å²) < 4.78 is 5.41. The Bertz CT molecular complexity index is 535. The molecule has 1 aromatic rings. The molecule has 0 saturated heterocycles. The van der Waals surface area contributed by atoms with Gasteiger partial charge in [-0.1, -0.05) is 30.3 Å². The highest BCUT2D eigenvalue weighted by molar-refractivity contribution is 6.21. The second kappa shape index (κ2) is 3.88. The fraction of sp³-hybridized carbons (Fsp3) is 0.267. The SMILES string of the molecule is CC1=C2OC(=O)C(c3ccccc3)=C2CCC1. The first-order chi connectivity index (χ1) is 8.27. The van der Waals surface area contributed by atoms with E-state index in [1.54, 1.807) is 0 Å². The van der Waals surface area contributed by atoms with Gasteiger partial charge in [0, 0.05) is 5.57 Å². The van der Waals surface area contributed by atoms with E-state index in [0.717, 1.165) is 41.7 Å². The van der Waals surface area contributed by atoms with Crippen molar-refractivity contribution in [3.05, 3.63) is 52.8 Å². The summed E-state index contributed by atoms with van der Waals surface area (Å²) in [5.74, 6) is 0.641. The first-order valence-electron chi connectivity index (χ1n) is 5.98. The Morgan fingerprint density at radius 2 is 1.88 bits per heavy atom. The molecule has 1 aromatic carbocycles. The maximum atomic E-state index is 12.0. The smallest absolute Gasteiger partial charge is 0.344 e.